The second-order valence-electron chi connectivity index (χ2n) is 5.26. The Labute approximate surface area is 119 Å². The van der Waals surface area contributed by atoms with Crippen molar-refractivity contribution in [1.29, 1.82) is 0 Å². The second kappa shape index (κ2) is 7.24. The lowest BCUT2D eigenvalue weighted by atomic mass is 9.97. The molecule has 1 fully saturated rings. The van der Waals surface area contributed by atoms with Crippen LogP contribution in [0.1, 0.15) is 31.7 Å². The van der Waals surface area contributed by atoms with Crippen molar-refractivity contribution in [3.05, 3.63) is 33.9 Å². The zero-order chi connectivity index (χ0) is 14.4. The van der Waals surface area contributed by atoms with Gasteiger partial charge in [-0.15, -0.1) is 0 Å². The number of benzene rings is 1. The van der Waals surface area contributed by atoms with E-state index in [-0.39, 0.29) is 10.6 Å². The van der Waals surface area contributed by atoms with Crippen LogP contribution in [0.2, 0.25) is 0 Å². The lowest BCUT2D eigenvalue weighted by Crippen LogP contribution is -2.30. The number of nitrogens with zero attached hydrogens (tertiary/aromatic N) is 1. The van der Waals surface area contributed by atoms with Gasteiger partial charge in [0.25, 0.3) is 0 Å². The van der Waals surface area contributed by atoms with Gasteiger partial charge in [0, 0.05) is 6.07 Å². The van der Waals surface area contributed by atoms with Gasteiger partial charge in [-0.05, 0) is 56.3 Å². The lowest BCUT2D eigenvalue weighted by molar-refractivity contribution is -0.385. The third-order valence-corrected chi connectivity index (χ3v) is 3.81. The minimum absolute atomic E-state index is 0.0751. The molecule has 1 aliphatic rings. The number of aryl methyl sites for hydroxylation is 1. The molecule has 1 aliphatic heterocycles. The first-order valence-corrected chi connectivity index (χ1v) is 7.31. The standard InChI is InChI=1S/C15H22N2O3/c1-2-12-5-6-15(14(10-12)17(18)19)20-9-7-13-4-3-8-16-11-13/h5-6,10,13,16H,2-4,7-9,11H2,1H3. The average molecular weight is 278 g/mol. The van der Waals surface area contributed by atoms with Gasteiger partial charge in [-0.2, -0.15) is 0 Å². The van der Waals surface area contributed by atoms with Crippen molar-refractivity contribution in [2.24, 2.45) is 5.92 Å². The maximum Gasteiger partial charge on any atom is 0.311 e. The van der Waals surface area contributed by atoms with Gasteiger partial charge in [-0.3, -0.25) is 10.1 Å². The first-order valence-electron chi connectivity index (χ1n) is 7.31. The number of nitrogens with one attached hydrogen (secondary N) is 1. The Morgan fingerprint density at radius 2 is 2.35 bits per heavy atom. The molecule has 0 bridgehead atoms. The fourth-order valence-corrected chi connectivity index (χ4v) is 2.55. The fourth-order valence-electron chi connectivity index (χ4n) is 2.55. The van der Waals surface area contributed by atoms with Crippen LogP contribution in [0.25, 0.3) is 0 Å². The Kier molecular flexibility index (Phi) is 5.35. The van der Waals surface area contributed by atoms with Crippen LogP contribution in [-0.4, -0.2) is 24.6 Å². The largest absolute Gasteiger partial charge is 0.487 e. The molecule has 1 heterocycles. The summed E-state index contributed by atoms with van der Waals surface area (Å²) in [7, 11) is 0. The molecule has 110 valence electrons. The lowest BCUT2D eigenvalue weighted by Gasteiger charge is -2.22. The van der Waals surface area contributed by atoms with Gasteiger partial charge in [0.05, 0.1) is 11.5 Å². The molecule has 0 radical (unpaired) electrons. The van der Waals surface area contributed by atoms with E-state index in [0.717, 1.165) is 31.5 Å². The van der Waals surface area contributed by atoms with Crippen molar-refractivity contribution >= 4 is 5.69 Å². The summed E-state index contributed by atoms with van der Waals surface area (Å²) in [5, 5.41) is 14.4. The van der Waals surface area contributed by atoms with Crippen molar-refractivity contribution in [3.63, 3.8) is 0 Å². The molecule has 1 aromatic carbocycles. The number of hydrogen-bond acceptors (Lipinski definition) is 4. The third-order valence-electron chi connectivity index (χ3n) is 3.81. The second-order valence-corrected chi connectivity index (χ2v) is 5.26. The number of nitro groups is 1. The molecule has 5 nitrogen and oxygen atoms in total. The van der Waals surface area contributed by atoms with Crippen LogP contribution in [-0.2, 0) is 6.42 Å². The summed E-state index contributed by atoms with van der Waals surface area (Å²) >= 11 is 0. The van der Waals surface area contributed by atoms with E-state index in [2.05, 4.69) is 5.32 Å². The number of nitro benzene ring substituents is 1. The molecular weight excluding hydrogens is 256 g/mol. The van der Waals surface area contributed by atoms with Gasteiger partial charge in [0.15, 0.2) is 5.75 Å². The SMILES string of the molecule is CCc1ccc(OCCC2CCCNC2)c([N+](=O)[O-])c1. The predicted molar refractivity (Wildman–Crippen MR) is 78.2 cm³/mol. The van der Waals surface area contributed by atoms with Crippen LogP contribution >= 0.6 is 0 Å². The van der Waals surface area contributed by atoms with Gasteiger partial charge in [0.1, 0.15) is 0 Å². The molecule has 0 aromatic heterocycles. The highest BCUT2D eigenvalue weighted by Gasteiger charge is 2.17. The summed E-state index contributed by atoms with van der Waals surface area (Å²) in [4.78, 5) is 10.7. The number of ether oxygens (including phenoxy) is 1. The minimum atomic E-state index is -0.364. The zero-order valence-electron chi connectivity index (χ0n) is 11.9. The summed E-state index contributed by atoms with van der Waals surface area (Å²) in [5.74, 6) is 1.01. The normalized spacial score (nSPS) is 18.8. The van der Waals surface area contributed by atoms with Crippen molar-refractivity contribution in [2.75, 3.05) is 19.7 Å². The van der Waals surface area contributed by atoms with Crippen molar-refractivity contribution in [3.8, 4) is 5.75 Å². The highest BCUT2D eigenvalue weighted by Crippen LogP contribution is 2.28. The minimum Gasteiger partial charge on any atom is -0.487 e. The predicted octanol–water partition coefficient (Wildman–Crippen LogP) is 2.93. The molecular formula is C15H22N2O3. The van der Waals surface area contributed by atoms with E-state index in [1.54, 1.807) is 12.1 Å². The zero-order valence-corrected chi connectivity index (χ0v) is 11.9. The summed E-state index contributed by atoms with van der Waals surface area (Å²) < 4.78 is 5.63. The van der Waals surface area contributed by atoms with Crippen LogP contribution < -0.4 is 10.1 Å². The quantitative estimate of drug-likeness (QED) is 0.642. The summed E-state index contributed by atoms with van der Waals surface area (Å²) in [5.41, 5.74) is 1.03. The van der Waals surface area contributed by atoms with E-state index in [4.69, 9.17) is 4.74 Å². The van der Waals surface area contributed by atoms with Gasteiger partial charge in [0.2, 0.25) is 0 Å². The Morgan fingerprint density at radius 3 is 3.00 bits per heavy atom. The Bertz CT molecular complexity index is 456. The molecule has 1 unspecified atom stereocenters. The van der Waals surface area contributed by atoms with E-state index >= 15 is 0 Å². The van der Waals surface area contributed by atoms with Crippen molar-refractivity contribution in [2.45, 2.75) is 32.6 Å². The molecule has 0 amide bonds. The number of hydrogen-bond donors (Lipinski definition) is 1. The van der Waals surface area contributed by atoms with E-state index in [1.807, 2.05) is 13.0 Å². The van der Waals surface area contributed by atoms with Gasteiger partial charge < -0.3 is 10.1 Å². The van der Waals surface area contributed by atoms with Crippen LogP contribution in [0.15, 0.2) is 18.2 Å². The van der Waals surface area contributed by atoms with Crippen LogP contribution in [0, 0.1) is 16.0 Å². The molecule has 0 aliphatic carbocycles. The highest BCUT2D eigenvalue weighted by molar-refractivity contribution is 5.48. The van der Waals surface area contributed by atoms with Gasteiger partial charge in [-0.25, -0.2) is 0 Å². The average Bonchev–Trinajstić information content (AvgIpc) is 2.48. The van der Waals surface area contributed by atoms with E-state index < -0.39 is 0 Å². The smallest absolute Gasteiger partial charge is 0.311 e. The monoisotopic (exact) mass is 278 g/mol. The van der Waals surface area contributed by atoms with E-state index in [0.29, 0.717) is 18.3 Å². The molecule has 20 heavy (non-hydrogen) atoms. The van der Waals surface area contributed by atoms with E-state index in [1.165, 1.54) is 12.8 Å². The van der Waals surface area contributed by atoms with Crippen molar-refractivity contribution in [1.82, 2.24) is 5.32 Å². The van der Waals surface area contributed by atoms with Gasteiger partial charge in [-0.1, -0.05) is 13.0 Å². The van der Waals surface area contributed by atoms with Crippen LogP contribution in [0.4, 0.5) is 5.69 Å². The van der Waals surface area contributed by atoms with Crippen molar-refractivity contribution < 1.29 is 9.66 Å². The summed E-state index contributed by atoms with van der Waals surface area (Å²) in [6.07, 6.45) is 4.15. The first-order chi connectivity index (χ1) is 9.70. The highest BCUT2D eigenvalue weighted by atomic mass is 16.6. The summed E-state index contributed by atoms with van der Waals surface area (Å²) in [6.45, 7) is 4.65. The molecule has 1 aromatic rings. The maximum absolute atomic E-state index is 11.1. The Morgan fingerprint density at radius 1 is 1.50 bits per heavy atom. The molecule has 1 saturated heterocycles. The summed E-state index contributed by atoms with van der Waals surface area (Å²) in [6, 6.07) is 5.22. The molecule has 5 heteroatoms. The molecule has 0 saturated carbocycles. The topological polar surface area (TPSA) is 64.4 Å². The molecule has 1 N–H and O–H groups in total. The Hall–Kier alpha value is -1.62. The fraction of sp³-hybridized carbons (Fsp3) is 0.600. The molecule has 0 spiro atoms. The third kappa shape index (κ3) is 3.93. The Balaban J connectivity index is 1.92. The van der Waals surface area contributed by atoms with E-state index in [9.17, 15) is 10.1 Å². The van der Waals surface area contributed by atoms with Crippen LogP contribution in [0.3, 0.4) is 0 Å². The first kappa shape index (κ1) is 14.8. The number of piperidine rings is 1. The number of rotatable bonds is 6. The van der Waals surface area contributed by atoms with Gasteiger partial charge >= 0.3 is 5.69 Å². The maximum atomic E-state index is 11.1. The van der Waals surface area contributed by atoms with Crippen LogP contribution in [0.5, 0.6) is 5.75 Å². The molecule has 1 atom stereocenters. The molecule has 2 rings (SSSR count).